The van der Waals surface area contributed by atoms with Crippen molar-refractivity contribution in [3.05, 3.63) is 121 Å². The van der Waals surface area contributed by atoms with E-state index in [-0.39, 0.29) is 0 Å². The van der Waals surface area contributed by atoms with Gasteiger partial charge in [-0.2, -0.15) is 0 Å². The van der Waals surface area contributed by atoms with Crippen LogP contribution in [0.5, 0.6) is 0 Å². The van der Waals surface area contributed by atoms with Crippen molar-refractivity contribution >= 4 is 75.9 Å². The standard InChI is InChI=1S/C38H26N2/c1-22-13-17-32-31(21-22)36-29-11-5-9-25(27(29)15-18-33(36)39-32)26-10-6-12-30-28(26)16-20-35-38(30)37-24-8-4-3-7-23(24)14-19-34(37)40(35)2/h3-21,39H,1-2H3. The summed E-state index contributed by atoms with van der Waals surface area (Å²) in [7, 11) is 2.19. The molecule has 2 heterocycles. The number of nitrogens with zero attached hydrogens (tertiary/aromatic N) is 1. The molecule has 9 aromatic rings. The van der Waals surface area contributed by atoms with E-state index in [2.05, 4.69) is 139 Å². The first-order valence-corrected chi connectivity index (χ1v) is 13.9. The highest BCUT2D eigenvalue weighted by Gasteiger charge is 2.17. The van der Waals surface area contributed by atoms with Gasteiger partial charge in [-0.1, -0.05) is 90.5 Å². The molecule has 9 rings (SSSR count). The van der Waals surface area contributed by atoms with E-state index in [1.54, 1.807) is 0 Å². The monoisotopic (exact) mass is 510 g/mol. The Morgan fingerprint density at radius 1 is 0.475 bits per heavy atom. The Labute approximate surface area is 231 Å². The van der Waals surface area contributed by atoms with Gasteiger partial charge < -0.3 is 9.55 Å². The van der Waals surface area contributed by atoms with Gasteiger partial charge in [0.15, 0.2) is 0 Å². The van der Waals surface area contributed by atoms with Crippen molar-refractivity contribution in [2.45, 2.75) is 6.92 Å². The molecule has 0 saturated carbocycles. The SMILES string of the molecule is Cc1ccc2[nH]c3ccc4c(-c5cccc6c5ccc5c6c6c7ccccc7ccc6n5C)cccc4c3c2c1. The van der Waals surface area contributed by atoms with Crippen LogP contribution in [0.2, 0.25) is 0 Å². The molecule has 0 aliphatic heterocycles. The number of benzene rings is 7. The van der Waals surface area contributed by atoms with Crippen LogP contribution in [0.25, 0.3) is 87.1 Å². The van der Waals surface area contributed by atoms with Crippen LogP contribution in [0.1, 0.15) is 5.56 Å². The minimum Gasteiger partial charge on any atom is -0.354 e. The van der Waals surface area contributed by atoms with E-state index in [9.17, 15) is 0 Å². The summed E-state index contributed by atoms with van der Waals surface area (Å²) in [5.41, 5.74) is 8.75. The molecule has 0 atom stereocenters. The van der Waals surface area contributed by atoms with E-state index in [1.165, 1.54) is 92.6 Å². The van der Waals surface area contributed by atoms with E-state index in [1.807, 2.05) is 0 Å². The van der Waals surface area contributed by atoms with Gasteiger partial charge in [0, 0.05) is 50.7 Å². The smallest absolute Gasteiger partial charge is 0.0495 e. The summed E-state index contributed by atoms with van der Waals surface area (Å²) >= 11 is 0. The second-order valence-corrected chi connectivity index (χ2v) is 11.2. The van der Waals surface area contributed by atoms with Gasteiger partial charge in [0.1, 0.15) is 0 Å². The Morgan fingerprint density at radius 2 is 1.10 bits per heavy atom. The van der Waals surface area contributed by atoms with Gasteiger partial charge in [0.25, 0.3) is 0 Å². The predicted molar refractivity (Wildman–Crippen MR) is 172 cm³/mol. The van der Waals surface area contributed by atoms with Crippen LogP contribution < -0.4 is 0 Å². The normalized spacial score (nSPS) is 12.2. The minimum absolute atomic E-state index is 1.19. The highest BCUT2D eigenvalue weighted by Crippen LogP contribution is 2.43. The quantitative estimate of drug-likeness (QED) is 0.227. The molecule has 0 bridgehead atoms. The molecule has 2 heteroatoms. The van der Waals surface area contributed by atoms with Crippen molar-refractivity contribution in [2.24, 2.45) is 7.05 Å². The van der Waals surface area contributed by atoms with Crippen LogP contribution in [0, 0.1) is 6.92 Å². The first kappa shape index (κ1) is 21.8. The lowest BCUT2D eigenvalue weighted by Crippen LogP contribution is -1.88. The largest absolute Gasteiger partial charge is 0.354 e. The fraction of sp³-hybridized carbons (Fsp3) is 0.0526. The summed E-state index contributed by atoms with van der Waals surface area (Å²) < 4.78 is 2.34. The molecule has 188 valence electrons. The molecule has 0 unspecified atom stereocenters. The second kappa shape index (κ2) is 7.74. The maximum Gasteiger partial charge on any atom is 0.0495 e. The van der Waals surface area contributed by atoms with Gasteiger partial charge in [-0.25, -0.2) is 0 Å². The lowest BCUT2D eigenvalue weighted by Gasteiger charge is -2.12. The van der Waals surface area contributed by atoms with E-state index in [4.69, 9.17) is 0 Å². The zero-order valence-electron chi connectivity index (χ0n) is 22.4. The van der Waals surface area contributed by atoms with Gasteiger partial charge >= 0.3 is 0 Å². The highest BCUT2D eigenvalue weighted by atomic mass is 14.9. The second-order valence-electron chi connectivity index (χ2n) is 11.2. The number of hydrogen-bond donors (Lipinski definition) is 1. The molecular weight excluding hydrogens is 484 g/mol. The van der Waals surface area contributed by atoms with Crippen LogP contribution in [-0.4, -0.2) is 9.55 Å². The molecule has 0 aliphatic carbocycles. The van der Waals surface area contributed by atoms with Gasteiger partial charge in [-0.05, 0) is 80.7 Å². The molecule has 0 aliphatic rings. The Hall–Kier alpha value is -5.08. The molecule has 2 nitrogen and oxygen atoms in total. The number of fused-ring (bicyclic) bond motifs is 12. The predicted octanol–water partition coefficient (Wildman–Crippen LogP) is 10.4. The molecule has 0 fully saturated rings. The Balaban J connectivity index is 1.41. The van der Waals surface area contributed by atoms with E-state index < -0.39 is 0 Å². The van der Waals surface area contributed by atoms with Crippen LogP contribution in [0.15, 0.2) is 115 Å². The zero-order chi connectivity index (χ0) is 26.5. The summed E-state index contributed by atoms with van der Waals surface area (Å²) in [6, 6.07) is 42.7. The molecule has 0 saturated heterocycles. The average molecular weight is 511 g/mol. The summed E-state index contributed by atoms with van der Waals surface area (Å²) in [6.07, 6.45) is 0. The minimum atomic E-state index is 1.19. The number of aromatic amines is 1. The van der Waals surface area contributed by atoms with Crippen LogP contribution in [0.4, 0.5) is 0 Å². The van der Waals surface area contributed by atoms with E-state index in [0.29, 0.717) is 0 Å². The fourth-order valence-corrected chi connectivity index (χ4v) is 7.16. The van der Waals surface area contributed by atoms with Crippen molar-refractivity contribution in [1.29, 1.82) is 0 Å². The first-order valence-electron chi connectivity index (χ1n) is 13.9. The maximum atomic E-state index is 3.64. The van der Waals surface area contributed by atoms with Crippen molar-refractivity contribution in [3.63, 3.8) is 0 Å². The van der Waals surface area contributed by atoms with Crippen LogP contribution in [0.3, 0.4) is 0 Å². The molecule has 0 radical (unpaired) electrons. The van der Waals surface area contributed by atoms with Crippen molar-refractivity contribution < 1.29 is 0 Å². The third-order valence-electron chi connectivity index (χ3n) is 8.98. The molecule has 40 heavy (non-hydrogen) atoms. The Bertz CT molecular complexity index is 2500. The molecule has 7 aromatic carbocycles. The summed E-state index contributed by atoms with van der Waals surface area (Å²) in [5.74, 6) is 0. The van der Waals surface area contributed by atoms with Crippen LogP contribution in [-0.2, 0) is 7.05 Å². The van der Waals surface area contributed by atoms with Gasteiger partial charge in [0.2, 0.25) is 0 Å². The maximum absolute atomic E-state index is 3.64. The van der Waals surface area contributed by atoms with Crippen LogP contribution >= 0.6 is 0 Å². The van der Waals surface area contributed by atoms with Gasteiger partial charge in [0.05, 0.1) is 0 Å². The average Bonchev–Trinajstić information content (AvgIpc) is 3.51. The van der Waals surface area contributed by atoms with E-state index >= 15 is 0 Å². The number of H-pyrrole nitrogens is 1. The summed E-state index contributed by atoms with van der Waals surface area (Å²) in [4.78, 5) is 3.64. The topological polar surface area (TPSA) is 20.7 Å². The van der Waals surface area contributed by atoms with Crippen molar-refractivity contribution in [3.8, 4) is 11.1 Å². The third-order valence-corrected chi connectivity index (χ3v) is 8.98. The summed E-state index contributed by atoms with van der Waals surface area (Å²) in [6.45, 7) is 2.17. The molecule has 0 spiro atoms. The molecular formula is C38H26N2. The highest BCUT2D eigenvalue weighted by molar-refractivity contribution is 6.30. The molecule has 0 amide bonds. The first-order chi connectivity index (χ1) is 19.7. The van der Waals surface area contributed by atoms with Gasteiger partial charge in [-0.3, -0.25) is 0 Å². The van der Waals surface area contributed by atoms with Gasteiger partial charge in [-0.15, -0.1) is 0 Å². The third kappa shape index (κ3) is 2.78. The lowest BCUT2D eigenvalue weighted by atomic mass is 9.91. The number of rotatable bonds is 1. The molecule has 2 aromatic heterocycles. The number of aryl methyl sites for hydroxylation is 2. The summed E-state index contributed by atoms with van der Waals surface area (Å²) in [5, 5.41) is 13.0. The van der Waals surface area contributed by atoms with E-state index in [0.717, 1.165) is 0 Å². The Morgan fingerprint density at radius 3 is 1.90 bits per heavy atom. The number of nitrogens with one attached hydrogen (secondary N) is 1. The Kier molecular flexibility index (Phi) is 4.22. The number of hydrogen-bond acceptors (Lipinski definition) is 0. The lowest BCUT2D eigenvalue weighted by molar-refractivity contribution is 1.02. The van der Waals surface area contributed by atoms with Crippen molar-refractivity contribution in [1.82, 2.24) is 9.55 Å². The number of aromatic nitrogens is 2. The fourth-order valence-electron chi connectivity index (χ4n) is 7.16. The zero-order valence-corrected chi connectivity index (χ0v) is 22.4. The molecule has 1 N–H and O–H groups in total. The van der Waals surface area contributed by atoms with Crippen molar-refractivity contribution in [2.75, 3.05) is 0 Å².